The average Bonchev–Trinajstić information content (AvgIpc) is 2.54. The fourth-order valence-corrected chi connectivity index (χ4v) is 1.91. The van der Waals surface area contributed by atoms with Gasteiger partial charge in [0.2, 0.25) is 0 Å². The molecule has 1 amide bonds. The number of nitro groups is 1. The molecule has 2 aromatic carbocycles. The number of benzene rings is 2. The molecule has 0 bridgehead atoms. The summed E-state index contributed by atoms with van der Waals surface area (Å²) in [5, 5.41) is 22.5. The molecule has 2 rings (SSSR count). The van der Waals surface area contributed by atoms with Gasteiger partial charge in [0.15, 0.2) is 12.4 Å². The minimum atomic E-state index is -0.564. The van der Waals surface area contributed by atoms with Crippen LogP contribution in [-0.2, 0) is 4.79 Å². The van der Waals surface area contributed by atoms with Crippen molar-refractivity contribution in [3.63, 3.8) is 0 Å². The van der Waals surface area contributed by atoms with Crippen molar-refractivity contribution in [1.82, 2.24) is 0 Å². The standard InChI is InChI=1S/C16H13N3O4/c1-11-6-7-15(14(8-11)19(21)22)23-10-16(20)18-13-5-3-2-4-12(13)9-17/h2-8H,10H2,1H3,(H,18,20). The maximum Gasteiger partial charge on any atom is 0.311 e. The zero-order valence-corrected chi connectivity index (χ0v) is 12.3. The lowest BCUT2D eigenvalue weighted by Crippen LogP contribution is -2.21. The van der Waals surface area contributed by atoms with E-state index in [0.717, 1.165) is 5.56 Å². The van der Waals surface area contributed by atoms with Crippen LogP contribution in [0.1, 0.15) is 11.1 Å². The molecule has 0 unspecified atom stereocenters. The number of hydrogen-bond acceptors (Lipinski definition) is 5. The summed E-state index contributed by atoms with van der Waals surface area (Å²) in [6.07, 6.45) is 0. The van der Waals surface area contributed by atoms with Crippen molar-refractivity contribution in [2.75, 3.05) is 11.9 Å². The SMILES string of the molecule is Cc1ccc(OCC(=O)Nc2ccccc2C#N)c([N+](=O)[O-])c1. The van der Waals surface area contributed by atoms with Crippen molar-refractivity contribution in [2.24, 2.45) is 0 Å². The number of nitriles is 1. The summed E-state index contributed by atoms with van der Waals surface area (Å²) >= 11 is 0. The van der Waals surface area contributed by atoms with E-state index < -0.39 is 17.4 Å². The van der Waals surface area contributed by atoms with Crippen LogP contribution in [0.3, 0.4) is 0 Å². The number of hydrogen-bond donors (Lipinski definition) is 1. The molecule has 116 valence electrons. The van der Waals surface area contributed by atoms with Crippen LogP contribution in [0, 0.1) is 28.4 Å². The molecule has 0 saturated heterocycles. The Morgan fingerprint density at radius 2 is 2.09 bits per heavy atom. The van der Waals surface area contributed by atoms with Gasteiger partial charge in [-0.15, -0.1) is 0 Å². The molecule has 7 nitrogen and oxygen atoms in total. The average molecular weight is 311 g/mol. The second kappa shape index (κ2) is 7.04. The molecule has 1 N–H and O–H groups in total. The second-order valence-electron chi connectivity index (χ2n) is 4.72. The van der Waals surface area contributed by atoms with Gasteiger partial charge >= 0.3 is 5.69 Å². The van der Waals surface area contributed by atoms with Crippen molar-refractivity contribution in [3.8, 4) is 11.8 Å². The molecular weight excluding hydrogens is 298 g/mol. The number of nitrogens with one attached hydrogen (secondary N) is 1. The van der Waals surface area contributed by atoms with Crippen LogP contribution in [-0.4, -0.2) is 17.4 Å². The number of rotatable bonds is 5. The van der Waals surface area contributed by atoms with Gasteiger partial charge in [-0.25, -0.2) is 0 Å². The first-order valence-electron chi connectivity index (χ1n) is 6.68. The van der Waals surface area contributed by atoms with Crippen molar-refractivity contribution < 1.29 is 14.5 Å². The summed E-state index contributed by atoms with van der Waals surface area (Å²) < 4.78 is 5.22. The normalized spacial score (nSPS) is 9.74. The molecule has 0 aliphatic carbocycles. The Morgan fingerprint density at radius 3 is 2.78 bits per heavy atom. The van der Waals surface area contributed by atoms with Gasteiger partial charge in [-0.05, 0) is 30.7 Å². The number of nitrogens with zero attached hydrogens (tertiary/aromatic N) is 2. The first kappa shape index (κ1) is 16.0. The van der Waals surface area contributed by atoms with Gasteiger partial charge in [-0.2, -0.15) is 5.26 Å². The van der Waals surface area contributed by atoms with Crippen LogP contribution < -0.4 is 10.1 Å². The van der Waals surface area contributed by atoms with E-state index in [1.807, 2.05) is 6.07 Å². The van der Waals surface area contributed by atoms with Crippen LogP contribution in [0.2, 0.25) is 0 Å². The Morgan fingerprint density at radius 1 is 1.35 bits per heavy atom. The van der Waals surface area contributed by atoms with E-state index in [4.69, 9.17) is 10.00 Å². The predicted molar refractivity (Wildman–Crippen MR) is 83.1 cm³/mol. The topological polar surface area (TPSA) is 105 Å². The fourth-order valence-electron chi connectivity index (χ4n) is 1.91. The molecule has 2 aromatic rings. The summed E-state index contributed by atoms with van der Waals surface area (Å²) in [6, 6.07) is 13.0. The summed E-state index contributed by atoms with van der Waals surface area (Å²) in [7, 11) is 0. The number of ether oxygens (including phenoxy) is 1. The van der Waals surface area contributed by atoms with E-state index >= 15 is 0 Å². The monoisotopic (exact) mass is 311 g/mol. The number of nitro benzene ring substituents is 1. The number of amides is 1. The van der Waals surface area contributed by atoms with Gasteiger partial charge in [-0.3, -0.25) is 14.9 Å². The second-order valence-corrected chi connectivity index (χ2v) is 4.72. The maximum atomic E-state index is 11.9. The minimum Gasteiger partial charge on any atom is -0.477 e. The molecule has 0 aliphatic heterocycles. The van der Waals surface area contributed by atoms with Crippen LogP contribution in [0.4, 0.5) is 11.4 Å². The zero-order chi connectivity index (χ0) is 16.8. The van der Waals surface area contributed by atoms with Crippen molar-refractivity contribution in [3.05, 3.63) is 63.7 Å². The molecule has 7 heteroatoms. The highest BCUT2D eigenvalue weighted by atomic mass is 16.6. The smallest absolute Gasteiger partial charge is 0.311 e. The third kappa shape index (κ3) is 4.04. The quantitative estimate of drug-likeness (QED) is 0.675. The zero-order valence-electron chi connectivity index (χ0n) is 12.3. The number of para-hydroxylation sites is 1. The van der Waals surface area contributed by atoms with E-state index in [1.54, 1.807) is 37.3 Å². The molecule has 0 spiro atoms. The van der Waals surface area contributed by atoms with E-state index in [1.165, 1.54) is 12.1 Å². The minimum absolute atomic E-state index is 0.0179. The molecule has 0 atom stereocenters. The highest BCUT2D eigenvalue weighted by Gasteiger charge is 2.16. The largest absolute Gasteiger partial charge is 0.477 e. The number of anilines is 1. The first-order valence-corrected chi connectivity index (χ1v) is 6.68. The Hall–Kier alpha value is -3.40. The van der Waals surface area contributed by atoms with E-state index in [9.17, 15) is 14.9 Å². The molecule has 0 aromatic heterocycles. The van der Waals surface area contributed by atoms with Crippen molar-refractivity contribution in [2.45, 2.75) is 6.92 Å². The van der Waals surface area contributed by atoms with Gasteiger partial charge in [-0.1, -0.05) is 18.2 Å². The molecule has 0 heterocycles. The number of carbonyl (C=O) groups is 1. The molecule has 23 heavy (non-hydrogen) atoms. The molecule has 0 saturated carbocycles. The van der Waals surface area contributed by atoms with E-state index in [2.05, 4.69) is 5.32 Å². The van der Waals surface area contributed by atoms with Crippen LogP contribution in [0.15, 0.2) is 42.5 Å². The van der Waals surface area contributed by atoms with Gasteiger partial charge in [0.25, 0.3) is 5.91 Å². The Kier molecular flexibility index (Phi) is 4.89. The van der Waals surface area contributed by atoms with E-state index in [-0.39, 0.29) is 11.4 Å². The van der Waals surface area contributed by atoms with Crippen LogP contribution >= 0.6 is 0 Å². The van der Waals surface area contributed by atoms with Crippen LogP contribution in [0.25, 0.3) is 0 Å². The highest BCUT2D eigenvalue weighted by Crippen LogP contribution is 2.27. The lowest BCUT2D eigenvalue weighted by Gasteiger charge is -2.09. The maximum absolute atomic E-state index is 11.9. The van der Waals surface area contributed by atoms with Gasteiger partial charge in [0, 0.05) is 6.07 Å². The van der Waals surface area contributed by atoms with Gasteiger partial charge in [0.05, 0.1) is 16.2 Å². The summed E-state index contributed by atoms with van der Waals surface area (Å²) in [4.78, 5) is 22.3. The predicted octanol–water partition coefficient (Wildman–Crippen LogP) is 2.79. The van der Waals surface area contributed by atoms with Gasteiger partial charge in [0.1, 0.15) is 6.07 Å². The van der Waals surface area contributed by atoms with Crippen LogP contribution in [0.5, 0.6) is 5.75 Å². The van der Waals surface area contributed by atoms with Crippen molar-refractivity contribution in [1.29, 1.82) is 5.26 Å². The lowest BCUT2D eigenvalue weighted by molar-refractivity contribution is -0.385. The fraction of sp³-hybridized carbons (Fsp3) is 0.125. The Labute approximate surface area is 132 Å². The molecule has 0 aliphatic rings. The molecular formula is C16H13N3O4. The van der Waals surface area contributed by atoms with Gasteiger partial charge < -0.3 is 10.1 Å². The third-order valence-electron chi connectivity index (χ3n) is 2.99. The third-order valence-corrected chi connectivity index (χ3v) is 2.99. The summed E-state index contributed by atoms with van der Waals surface area (Å²) in [6.45, 7) is 1.33. The lowest BCUT2D eigenvalue weighted by atomic mass is 10.2. The molecule has 0 radical (unpaired) electrons. The Balaban J connectivity index is 2.06. The summed E-state index contributed by atoms with van der Waals surface area (Å²) in [5.41, 5.74) is 1.20. The van der Waals surface area contributed by atoms with Crippen molar-refractivity contribution >= 4 is 17.3 Å². The first-order chi connectivity index (χ1) is 11.0. The number of carbonyl (C=O) groups excluding carboxylic acids is 1. The summed E-state index contributed by atoms with van der Waals surface area (Å²) in [5.74, 6) is -0.494. The molecule has 0 fully saturated rings. The Bertz CT molecular complexity index is 796. The van der Waals surface area contributed by atoms with E-state index in [0.29, 0.717) is 11.3 Å². The number of aryl methyl sites for hydroxylation is 1. The highest BCUT2D eigenvalue weighted by molar-refractivity contribution is 5.93.